The quantitative estimate of drug-likeness (QED) is 0.100. The Morgan fingerprint density at radius 3 is 1.38 bits per heavy atom. The van der Waals surface area contributed by atoms with Crippen molar-refractivity contribution in [1.29, 1.82) is 0 Å². The van der Waals surface area contributed by atoms with Gasteiger partial charge in [-0.1, -0.05) is 135 Å². The standard InChI is InChI=1S/C50H70N2O6/c1-35(22-17-24-37(3)27-29-41-39(5)47(55)43(32-49(41,7)8)57-45(53)26-19-31-51(11)12)20-15-16-21-36(2)23-18-25-38(4)28-30-42-40(6)48(56)44(33-50(42,9)10)58-46(54)34-52(13)14/h15-18,20-25,27-30,43-44H,19,26,31-34H2,1-14H3/b16-15+,22-17+,23-18+,29-27+,30-28+,35-20+,36-21+,37-24+,38-25+. The van der Waals surface area contributed by atoms with E-state index in [4.69, 9.17) is 9.47 Å². The number of carbonyl (C=O) groups excluding carboxylic acids is 4. The average molecular weight is 795 g/mol. The zero-order valence-corrected chi connectivity index (χ0v) is 37.8. The minimum Gasteiger partial charge on any atom is -0.454 e. The van der Waals surface area contributed by atoms with Crippen molar-refractivity contribution in [2.75, 3.05) is 41.3 Å². The van der Waals surface area contributed by atoms with Crippen LogP contribution in [0.1, 0.15) is 94.9 Å². The minimum atomic E-state index is -0.753. The van der Waals surface area contributed by atoms with Gasteiger partial charge in [0.15, 0.2) is 23.8 Å². The monoisotopic (exact) mass is 795 g/mol. The molecule has 0 saturated heterocycles. The second kappa shape index (κ2) is 23.1. The molecule has 8 heteroatoms. The maximum Gasteiger partial charge on any atom is 0.320 e. The summed E-state index contributed by atoms with van der Waals surface area (Å²) in [4.78, 5) is 54.6. The largest absolute Gasteiger partial charge is 0.454 e. The van der Waals surface area contributed by atoms with Gasteiger partial charge in [-0.2, -0.15) is 0 Å². The predicted molar refractivity (Wildman–Crippen MR) is 239 cm³/mol. The molecule has 0 aliphatic heterocycles. The first-order chi connectivity index (χ1) is 27.0. The van der Waals surface area contributed by atoms with Crippen molar-refractivity contribution in [2.24, 2.45) is 10.8 Å². The minimum absolute atomic E-state index is 0.113. The normalized spacial score (nSPS) is 21.4. The van der Waals surface area contributed by atoms with E-state index in [0.717, 1.165) is 40.0 Å². The molecule has 316 valence electrons. The lowest BCUT2D eigenvalue weighted by molar-refractivity contribution is -0.156. The van der Waals surface area contributed by atoms with Crippen molar-refractivity contribution >= 4 is 23.5 Å². The highest BCUT2D eigenvalue weighted by atomic mass is 16.6. The highest BCUT2D eigenvalue weighted by Crippen LogP contribution is 2.42. The first kappa shape index (κ1) is 49.5. The third kappa shape index (κ3) is 16.7. The number of esters is 2. The van der Waals surface area contributed by atoms with Gasteiger partial charge in [-0.15, -0.1) is 0 Å². The Labute approximate surface area is 349 Å². The lowest BCUT2D eigenvalue weighted by Gasteiger charge is -2.36. The number of allylic oxidation sites excluding steroid dienone is 20. The fourth-order valence-electron chi connectivity index (χ4n) is 6.97. The third-order valence-electron chi connectivity index (χ3n) is 10.3. The molecule has 2 unspecified atom stereocenters. The van der Waals surface area contributed by atoms with Gasteiger partial charge < -0.3 is 14.4 Å². The Morgan fingerprint density at radius 1 is 0.603 bits per heavy atom. The highest BCUT2D eigenvalue weighted by molar-refractivity contribution is 6.02. The fourth-order valence-corrected chi connectivity index (χ4v) is 6.97. The average Bonchev–Trinajstić information content (AvgIpc) is 3.10. The van der Waals surface area contributed by atoms with Gasteiger partial charge in [0.05, 0.1) is 6.54 Å². The van der Waals surface area contributed by atoms with Gasteiger partial charge in [-0.05, 0) is 116 Å². The third-order valence-corrected chi connectivity index (χ3v) is 10.3. The second-order valence-corrected chi connectivity index (χ2v) is 17.5. The van der Waals surface area contributed by atoms with Gasteiger partial charge in [0.2, 0.25) is 0 Å². The summed E-state index contributed by atoms with van der Waals surface area (Å²) in [5, 5.41) is 0. The Morgan fingerprint density at radius 2 is 0.983 bits per heavy atom. The molecular weight excluding hydrogens is 725 g/mol. The first-order valence-electron chi connectivity index (χ1n) is 20.3. The summed E-state index contributed by atoms with van der Waals surface area (Å²) in [6.07, 6.45) is 28.9. The zero-order valence-electron chi connectivity index (χ0n) is 37.8. The van der Waals surface area contributed by atoms with Crippen LogP contribution in [0.3, 0.4) is 0 Å². The van der Waals surface area contributed by atoms with Crippen LogP contribution in [0.15, 0.2) is 130 Å². The molecule has 2 aliphatic rings. The van der Waals surface area contributed by atoms with Crippen LogP contribution in [0.25, 0.3) is 0 Å². The van der Waals surface area contributed by atoms with Gasteiger partial charge in [0.1, 0.15) is 0 Å². The van der Waals surface area contributed by atoms with Crippen molar-refractivity contribution in [1.82, 2.24) is 9.80 Å². The Hall–Kier alpha value is -4.66. The number of ketones is 2. The van der Waals surface area contributed by atoms with Crippen molar-refractivity contribution in [2.45, 2.75) is 107 Å². The molecule has 2 rings (SSSR count). The van der Waals surface area contributed by atoms with E-state index in [-0.39, 0.29) is 34.9 Å². The van der Waals surface area contributed by atoms with Crippen LogP contribution in [0.2, 0.25) is 0 Å². The summed E-state index contributed by atoms with van der Waals surface area (Å²) < 4.78 is 11.2. The SMILES string of the molecule is CC1=C(/C=C/C(C)=C/C=C/C(C)=C/C=C/C=C(C)/C=C/C=C(C)/C=C/C2=C(C)C(=O)C(OC(=O)CN(C)C)CC2(C)C)C(C)(C)CC(OC(=O)CCCN(C)C)C1=O. The summed E-state index contributed by atoms with van der Waals surface area (Å²) in [6.45, 7) is 21.1. The van der Waals surface area contributed by atoms with E-state index in [0.29, 0.717) is 36.8 Å². The summed E-state index contributed by atoms with van der Waals surface area (Å²) in [6, 6.07) is 0. The molecule has 0 spiro atoms. The highest BCUT2D eigenvalue weighted by Gasteiger charge is 2.41. The zero-order chi connectivity index (χ0) is 43.8. The van der Waals surface area contributed by atoms with Crippen LogP contribution in [0.5, 0.6) is 0 Å². The van der Waals surface area contributed by atoms with Crippen molar-refractivity contribution < 1.29 is 28.7 Å². The smallest absolute Gasteiger partial charge is 0.320 e. The number of likely N-dealkylation sites (N-methyl/N-ethyl adjacent to an activating group) is 1. The van der Waals surface area contributed by atoms with Gasteiger partial charge in [-0.3, -0.25) is 24.1 Å². The maximum atomic E-state index is 13.1. The van der Waals surface area contributed by atoms with Crippen LogP contribution in [-0.2, 0) is 28.7 Å². The number of carbonyl (C=O) groups is 4. The van der Waals surface area contributed by atoms with Crippen molar-refractivity contribution in [3.05, 3.63) is 130 Å². The molecule has 0 aromatic carbocycles. The van der Waals surface area contributed by atoms with Crippen molar-refractivity contribution in [3.8, 4) is 0 Å². The molecule has 0 bridgehead atoms. The lowest BCUT2D eigenvalue weighted by Crippen LogP contribution is -2.40. The van der Waals surface area contributed by atoms with Crippen LogP contribution in [-0.4, -0.2) is 86.8 Å². The van der Waals surface area contributed by atoms with E-state index in [1.54, 1.807) is 19.0 Å². The molecular formula is C50H70N2O6. The van der Waals surface area contributed by atoms with Crippen molar-refractivity contribution in [3.63, 3.8) is 0 Å². The van der Waals surface area contributed by atoms with E-state index < -0.39 is 18.2 Å². The Kier molecular flexibility index (Phi) is 19.7. The second-order valence-electron chi connectivity index (χ2n) is 17.5. The number of rotatable bonds is 18. The van der Waals surface area contributed by atoms with E-state index >= 15 is 0 Å². The topological polar surface area (TPSA) is 93.2 Å². The molecule has 8 nitrogen and oxygen atoms in total. The van der Waals surface area contributed by atoms with Gasteiger partial charge in [-0.25, -0.2) is 0 Å². The van der Waals surface area contributed by atoms with Gasteiger partial charge in [0.25, 0.3) is 0 Å². The first-order valence-corrected chi connectivity index (χ1v) is 20.3. The number of ether oxygens (including phenoxy) is 2. The number of hydrogen-bond acceptors (Lipinski definition) is 8. The lowest BCUT2D eigenvalue weighted by atomic mass is 9.71. The van der Waals surface area contributed by atoms with Crippen LogP contribution in [0.4, 0.5) is 0 Å². The van der Waals surface area contributed by atoms with E-state index in [9.17, 15) is 19.2 Å². The Balaban J connectivity index is 1.97. The van der Waals surface area contributed by atoms with Gasteiger partial charge in [0, 0.05) is 19.3 Å². The molecule has 0 radical (unpaired) electrons. The fraction of sp³-hybridized carbons (Fsp3) is 0.480. The maximum absolute atomic E-state index is 13.1. The van der Waals surface area contributed by atoms with Crippen LogP contribution < -0.4 is 0 Å². The summed E-state index contributed by atoms with van der Waals surface area (Å²) in [5.41, 5.74) is 6.89. The summed E-state index contributed by atoms with van der Waals surface area (Å²) in [5.74, 6) is -0.949. The summed E-state index contributed by atoms with van der Waals surface area (Å²) >= 11 is 0. The van der Waals surface area contributed by atoms with E-state index in [1.165, 1.54) is 0 Å². The predicted octanol–water partition coefficient (Wildman–Crippen LogP) is 9.91. The summed E-state index contributed by atoms with van der Waals surface area (Å²) in [7, 11) is 7.52. The molecule has 0 aromatic rings. The number of Topliss-reactive ketones (excluding diaryl/α,β-unsaturated/α-hetero) is 2. The molecule has 2 atom stereocenters. The van der Waals surface area contributed by atoms with E-state index in [2.05, 4.69) is 52.8 Å². The number of nitrogens with zero attached hydrogens (tertiary/aromatic N) is 2. The van der Waals surface area contributed by atoms with Gasteiger partial charge >= 0.3 is 11.9 Å². The molecule has 58 heavy (non-hydrogen) atoms. The molecule has 0 aromatic heterocycles. The van der Waals surface area contributed by atoms with Crippen LogP contribution in [0, 0.1) is 10.8 Å². The number of hydrogen-bond donors (Lipinski definition) is 0. The Bertz CT molecular complexity index is 1860. The van der Waals surface area contributed by atoms with E-state index in [1.807, 2.05) is 120 Å². The molecule has 2 aliphatic carbocycles. The molecule has 0 fully saturated rings. The molecule has 0 saturated carbocycles. The molecule has 0 amide bonds. The van der Waals surface area contributed by atoms with Crippen LogP contribution >= 0.6 is 0 Å². The molecule has 0 heterocycles. The molecule has 0 N–H and O–H groups in total.